The summed E-state index contributed by atoms with van der Waals surface area (Å²) in [5, 5.41) is 11.5. The SMILES string of the molecule is CN1CCN(S(C)(=O)=O)C[C@@H]1c1nnc2ccc(C(=O)NCCc3ccccc3)cn12. The summed E-state index contributed by atoms with van der Waals surface area (Å²) >= 11 is 0. The van der Waals surface area contributed by atoms with Gasteiger partial charge in [-0.05, 0) is 31.2 Å². The molecule has 0 saturated carbocycles. The molecule has 0 unspecified atom stereocenters. The molecule has 3 aromatic rings. The summed E-state index contributed by atoms with van der Waals surface area (Å²) in [5.41, 5.74) is 2.27. The number of carbonyl (C=O) groups excluding carboxylic acids is 1. The minimum Gasteiger partial charge on any atom is -0.352 e. The van der Waals surface area contributed by atoms with Crippen LogP contribution in [0.1, 0.15) is 27.8 Å². The van der Waals surface area contributed by atoms with E-state index in [0.717, 1.165) is 12.0 Å². The number of hydrogen-bond donors (Lipinski definition) is 1. The Balaban J connectivity index is 1.52. The highest BCUT2D eigenvalue weighted by molar-refractivity contribution is 7.88. The molecule has 10 heteroatoms. The maximum absolute atomic E-state index is 12.7. The highest BCUT2D eigenvalue weighted by Crippen LogP contribution is 2.24. The monoisotopic (exact) mass is 442 g/mol. The van der Waals surface area contributed by atoms with Gasteiger partial charge in [0.1, 0.15) is 0 Å². The molecule has 1 fully saturated rings. The average molecular weight is 443 g/mol. The molecule has 31 heavy (non-hydrogen) atoms. The van der Waals surface area contributed by atoms with Gasteiger partial charge in [-0.25, -0.2) is 8.42 Å². The van der Waals surface area contributed by atoms with Gasteiger partial charge in [-0.15, -0.1) is 10.2 Å². The van der Waals surface area contributed by atoms with Crippen molar-refractivity contribution in [1.29, 1.82) is 0 Å². The number of hydrogen-bond acceptors (Lipinski definition) is 6. The fraction of sp³-hybridized carbons (Fsp3) is 0.381. The number of sulfonamides is 1. The van der Waals surface area contributed by atoms with E-state index in [1.165, 1.54) is 10.6 Å². The first-order valence-electron chi connectivity index (χ1n) is 10.1. The van der Waals surface area contributed by atoms with Gasteiger partial charge in [-0.1, -0.05) is 30.3 Å². The number of likely N-dealkylation sites (N-methyl/N-ethyl adjacent to an activating group) is 1. The highest BCUT2D eigenvalue weighted by atomic mass is 32.2. The number of nitrogens with zero attached hydrogens (tertiary/aromatic N) is 5. The minimum atomic E-state index is -3.30. The van der Waals surface area contributed by atoms with Crippen LogP contribution in [0.2, 0.25) is 0 Å². The number of fused-ring (bicyclic) bond motifs is 1. The van der Waals surface area contributed by atoms with Crippen LogP contribution in [0.3, 0.4) is 0 Å². The number of amides is 1. The van der Waals surface area contributed by atoms with Gasteiger partial charge < -0.3 is 5.32 Å². The summed E-state index contributed by atoms with van der Waals surface area (Å²) in [6, 6.07) is 13.2. The van der Waals surface area contributed by atoms with E-state index in [-0.39, 0.29) is 11.9 Å². The van der Waals surface area contributed by atoms with Crippen molar-refractivity contribution >= 4 is 21.6 Å². The van der Waals surface area contributed by atoms with Crippen LogP contribution in [0.15, 0.2) is 48.7 Å². The van der Waals surface area contributed by atoms with E-state index in [1.807, 2.05) is 37.4 Å². The summed E-state index contributed by atoms with van der Waals surface area (Å²) in [5.74, 6) is 0.442. The predicted octanol–water partition coefficient (Wildman–Crippen LogP) is 0.950. The van der Waals surface area contributed by atoms with Crippen LogP contribution < -0.4 is 5.32 Å². The molecule has 2 aromatic heterocycles. The summed E-state index contributed by atoms with van der Waals surface area (Å²) in [6.07, 6.45) is 3.69. The number of piperazine rings is 1. The summed E-state index contributed by atoms with van der Waals surface area (Å²) in [6.45, 7) is 1.86. The molecule has 164 valence electrons. The molecule has 1 aliphatic heterocycles. The van der Waals surface area contributed by atoms with Gasteiger partial charge in [-0.2, -0.15) is 4.31 Å². The Morgan fingerprint density at radius 3 is 2.65 bits per heavy atom. The molecule has 3 heterocycles. The van der Waals surface area contributed by atoms with Crippen molar-refractivity contribution in [3.63, 3.8) is 0 Å². The van der Waals surface area contributed by atoms with Crippen LogP contribution in [0.4, 0.5) is 0 Å². The Morgan fingerprint density at radius 1 is 1.13 bits per heavy atom. The van der Waals surface area contributed by atoms with Crippen molar-refractivity contribution < 1.29 is 13.2 Å². The average Bonchev–Trinajstić information content (AvgIpc) is 3.17. The smallest absolute Gasteiger partial charge is 0.252 e. The molecule has 1 amide bonds. The van der Waals surface area contributed by atoms with Gasteiger partial charge in [0, 0.05) is 32.4 Å². The van der Waals surface area contributed by atoms with Crippen LogP contribution in [-0.2, 0) is 16.4 Å². The lowest BCUT2D eigenvalue weighted by Crippen LogP contribution is -2.49. The third-order valence-corrected chi connectivity index (χ3v) is 6.88. The van der Waals surface area contributed by atoms with Gasteiger partial charge in [0.15, 0.2) is 11.5 Å². The zero-order valence-corrected chi connectivity index (χ0v) is 18.4. The number of benzene rings is 1. The van der Waals surface area contributed by atoms with E-state index < -0.39 is 10.0 Å². The Bertz CT molecular complexity index is 1180. The second-order valence-electron chi connectivity index (χ2n) is 7.81. The maximum Gasteiger partial charge on any atom is 0.252 e. The number of rotatable bonds is 6. The van der Waals surface area contributed by atoms with E-state index in [2.05, 4.69) is 20.4 Å². The third-order valence-electron chi connectivity index (χ3n) is 5.61. The maximum atomic E-state index is 12.7. The highest BCUT2D eigenvalue weighted by Gasteiger charge is 2.33. The van der Waals surface area contributed by atoms with Crippen LogP contribution in [0.5, 0.6) is 0 Å². The van der Waals surface area contributed by atoms with Gasteiger partial charge in [0.2, 0.25) is 10.0 Å². The van der Waals surface area contributed by atoms with Crippen LogP contribution in [0, 0.1) is 0 Å². The lowest BCUT2D eigenvalue weighted by molar-refractivity contribution is 0.0953. The molecule has 9 nitrogen and oxygen atoms in total. The quantitative estimate of drug-likeness (QED) is 0.610. The fourth-order valence-electron chi connectivity index (χ4n) is 3.77. The largest absolute Gasteiger partial charge is 0.352 e. The molecule has 1 atom stereocenters. The molecule has 0 bridgehead atoms. The number of aromatic nitrogens is 3. The summed E-state index contributed by atoms with van der Waals surface area (Å²) in [7, 11) is -1.36. The first kappa shape index (κ1) is 21.4. The number of carbonyl (C=O) groups is 1. The second-order valence-corrected chi connectivity index (χ2v) is 9.80. The molecule has 1 aliphatic rings. The number of nitrogens with one attached hydrogen (secondary N) is 1. The Kier molecular flexibility index (Phi) is 6.03. The zero-order chi connectivity index (χ0) is 22.0. The molecule has 0 aliphatic carbocycles. The van der Waals surface area contributed by atoms with Crippen LogP contribution in [0.25, 0.3) is 5.65 Å². The molecule has 4 rings (SSSR count). The Labute approximate surface area is 181 Å². The molecule has 1 saturated heterocycles. The van der Waals surface area contributed by atoms with Crippen LogP contribution in [-0.4, -0.2) is 77.6 Å². The molecule has 0 spiro atoms. The van der Waals surface area contributed by atoms with E-state index in [4.69, 9.17) is 0 Å². The zero-order valence-electron chi connectivity index (χ0n) is 17.6. The Hall–Kier alpha value is -2.82. The van der Waals surface area contributed by atoms with Gasteiger partial charge >= 0.3 is 0 Å². The standard InChI is InChI=1S/C21H26N6O3S/c1-25-12-13-26(31(2,29)30)15-18(25)20-24-23-19-9-8-17(14-27(19)20)21(28)22-11-10-16-6-4-3-5-7-16/h3-9,14,18H,10-13,15H2,1-2H3,(H,22,28)/t18-/m1/s1. The van der Waals surface area contributed by atoms with E-state index in [1.54, 1.807) is 22.7 Å². The van der Waals surface area contributed by atoms with E-state index >= 15 is 0 Å². The van der Waals surface area contributed by atoms with Crippen molar-refractivity contribution in [2.75, 3.05) is 39.5 Å². The lowest BCUT2D eigenvalue weighted by Gasteiger charge is -2.37. The molecular formula is C21H26N6O3S. The van der Waals surface area contributed by atoms with Crippen molar-refractivity contribution in [3.8, 4) is 0 Å². The fourth-order valence-corrected chi connectivity index (χ4v) is 4.59. The number of pyridine rings is 1. The van der Waals surface area contributed by atoms with E-state index in [0.29, 0.717) is 43.2 Å². The van der Waals surface area contributed by atoms with Gasteiger partial charge in [-0.3, -0.25) is 14.1 Å². The predicted molar refractivity (Wildman–Crippen MR) is 117 cm³/mol. The molecule has 0 radical (unpaired) electrons. The third kappa shape index (κ3) is 4.76. The van der Waals surface area contributed by atoms with Crippen molar-refractivity contribution in [2.45, 2.75) is 12.5 Å². The summed E-state index contributed by atoms with van der Waals surface area (Å²) in [4.78, 5) is 14.7. The molecule has 1 aromatic carbocycles. The topological polar surface area (TPSA) is 99.9 Å². The Morgan fingerprint density at radius 2 is 1.90 bits per heavy atom. The first-order chi connectivity index (χ1) is 14.8. The minimum absolute atomic E-state index is 0.174. The van der Waals surface area contributed by atoms with Gasteiger partial charge in [0.25, 0.3) is 5.91 Å². The normalized spacial score (nSPS) is 18.3. The molecule has 1 N–H and O–H groups in total. The van der Waals surface area contributed by atoms with E-state index in [9.17, 15) is 13.2 Å². The second kappa shape index (κ2) is 8.74. The van der Waals surface area contributed by atoms with Crippen molar-refractivity contribution in [1.82, 2.24) is 29.1 Å². The van der Waals surface area contributed by atoms with Crippen LogP contribution >= 0.6 is 0 Å². The first-order valence-corrected chi connectivity index (χ1v) is 12.0. The van der Waals surface area contributed by atoms with Crippen molar-refractivity contribution in [2.24, 2.45) is 0 Å². The lowest BCUT2D eigenvalue weighted by atomic mass is 10.1. The molecular weight excluding hydrogens is 416 g/mol. The summed E-state index contributed by atoms with van der Waals surface area (Å²) < 4.78 is 27.3. The van der Waals surface area contributed by atoms with Crippen molar-refractivity contribution in [3.05, 3.63) is 65.6 Å². The van der Waals surface area contributed by atoms with Gasteiger partial charge in [0.05, 0.1) is 17.9 Å².